The fourth-order valence-electron chi connectivity index (χ4n) is 3.21. The molecule has 2 N–H and O–H groups in total. The molecule has 3 aromatic rings. The van der Waals surface area contributed by atoms with E-state index in [4.69, 9.17) is 18.6 Å². The zero-order valence-electron chi connectivity index (χ0n) is 22.4. The number of nitrogens with zero attached hydrogens (tertiary/aromatic N) is 5. The maximum absolute atomic E-state index is 12.8. The van der Waals surface area contributed by atoms with Crippen molar-refractivity contribution < 1.29 is 23.4 Å². The third-order valence-electron chi connectivity index (χ3n) is 5.12. The van der Waals surface area contributed by atoms with Gasteiger partial charge in [0.25, 0.3) is 5.95 Å². The number of anilines is 2. The van der Waals surface area contributed by atoms with Gasteiger partial charge in [0.2, 0.25) is 29.5 Å². The molecule has 3 aromatic heterocycles. The Kier molecular flexibility index (Phi) is 9.41. The number of nitrogens with one attached hydrogen (secondary N) is 2. The topological polar surface area (TPSA) is 137 Å². The average molecular weight is 530 g/mol. The zero-order chi connectivity index (χ0) is 27.0. The third-order valence-corrected chi connectivity index (χ3v) is 6.89. The number of ether oxygens (including phenoxy) is 3. The van der Waals surface area contributed by atoms with Crippen molar-refractivity contribution in [3.8, 4) is 23.6 Å². The predicted molar refractivity (Wildman–Crippen MR) is 143 cm³/mol. The summed E-state index contributed by atoms with van der Waals surface area (Å²) in [7, 11) is 5.31. The van der Waals surface area contributed by atoms with E-state index >= 15 is 0 Å². The Hall–Kier alpha value is -3.71. The molecule has 13 heteroatoms. The van der Waals surface area contributed by atoms with Crippen molar-refractivity contribution in [2.45, 2.75) is 32.5 Å². The van der Waals surface area contributed by atoms with Crippen LogP contribution < -0.4 is 30.2 Å². The molecule has 3 heterocycles. The summed E-state index contributed by atoms with van der Waals surface area (Å²) < 4.78 is 22.2. The summed E-state index contributed by atoms with van der Waals surface area (Å²) in [5, 5.41) is 6.83. The number of hydrogen-bond donors (Lipinski definition) is 2. The van der Waals surface area contributed by atoms with Crippen LogP contribution in [-0.2, 0) is 11.2 Å². The summed E-state index contributed by atoms with van der Waals surface area (Å²) in [5.74, 6) is 1.30. The minimum absolute atomic E-state index is 0.0547. The Labute approximate surface area is 217 Å². The fraction of sp³-hybridized carbons (Fsp3) is 0.458. The van der Waals surface area contributed by atoms with Gasteiger partial charge in [0.05, 0.1) is 26.8 Å². The lowest BCUT2D eigenvalue weighted by Gasteiger charge is -2.15. The highest BCUT2D eigenvalue weighted by Crippen LogP contribution is 2.32. The first-order valence-electron chi connectivity index (χ1n) is 11.9. The summed E-state index contributed by atoms with van der Waals surface area (Å²) >= 11 is 0. The summed E-state index contributed by atoms with van der Waals surface area (Å²) in [5.41, 5.74) is 0.232. The number of amides is 1. The molecule has 0 aromatic carbocycles. The van der Waals surface area contributed by atoms with Gasteiger partial charge in [-0.25, -0.2) is 4.98 Å². The number of aromatic nitrogens is 4. The van der Waals surface area contributed by atoms with Gasteiger partial charge in [-0.05, 0) is 33.1 Å². The Bertz CT molecular complexity index is 1170. The van der Waals surface area contributed by atoms with Gasteiger partial charge in [-0.1, -0.05) is 19.6 Å². The number of hydrogen-bond acceptors (Lipinski definition) is 11. The van der Waals surface area contributed by atoms with Gasteiger partial charge in [0.1, 0.15) is 13.8 Å². The average Bonchev–Trinajstić information content (AvgIpc) is 3.28. The van der Waals surface area contributed by atoms with Crippen LogP contribution in [-0.4, -0.2) is 80.2 Å². The first-order chi connectivity index (χ1) is 17.6. The van der Waals surface area contributed by atoms with Crippen LogP contribution in [0.2, 0.25) is 19.6 Å². The van der Waals surface area contributed by atoms with Crippen molar-refractivity contribution in [2.24, 2.45) is 0 Å². The van der Waals surface area contributed by atoms with Crippen LogP contribution in [0.1, 0.15) is 12.2 Å². The maximum Gasteiger partial charge on any atom is 0.291 e. The van der Waals surface area contributed by atoms with Crippen LogP contribution in [0, 0.1) is 0 Å². The van der Waals surface area contributed by atoms with E-state index < -0.39 is 8.07 Å². The second-order valence-electron chi connectivity index (χ2n) is 9.56. The molecular weight excluding hydrogens is 494 g/mol. The van der Waals surface area contributed by atoms with Crippen LogP contribution in [0.5, 0.6) is 23.6 Å². The predicted octanol–water partition coefficient (Wildman–Crippen LogP) is 2.76. The highest BCUT2D eigenvalue weighted by atomic mass is 28.3. The van der Waals surface area contributed by atoms with Crippen molar-refractivity contribution >= 4 is 30.9 Å². The molecule has 0 fully saturated rings. The Morgan fingerprint density at radius 2 is 1.76 bits per heavy atom. The molecule has 3 rings (SSSR count). The molecule has 0 saturated carbocycles. The molecular formula is C24H35N7O5Si. The van der Waals surface area contributed by atoms with E-state index in [1.165, 1.54) is 20.4 Å². The molecule has 0 aliphatic heterocycles. The van der Waals surface area contributed by atoms with Crippen molar-refractivity contribution in [3.63, 3.8) is 0 Å². The van der Waals surface area contributed by atoms with Gasteiger partial charge in [-0.2, -0.15) is 9.97 Å². The highest BCUT2D eigenvalue weighted by Gasteiger charge is 2.21. The first kappa shape index (κ1) is 27.9. The molecule has 0 radical (unpaired) electrons. The Morgan fingerprint density at radius 1 is 1.05 bits per heavy atom. The zero-order valence-corrected chi connectivity index (χ0v) is 23.4. The summed E-state index contributed by atoms with van der Waals surface area (Å²) in [6.07, 6.45) is 4.14. The van der Waals surface area contributed by atoms with Crippen molar-refractivity contribution in [3.05, 3.63) is 30.3 Å². The van der Waals surface area contributed by atoms with Gasteiger partial charge in [0, 0.05) is 24.1 Å². The lowest BCUT2D eigenvalue weighted by Crippen LogP contribution is -2.40. The standard InChI is InChI=1S/C24H35N7O5Si/c1-31(2)12-8-11-26-24-29-22(33-3)21(23(30-24)34-4)27-17(32)13-16-9-10-20(35-16)36-18-14-25-15-19(28-18)37(5,6)7/h9-10,14-15H,8,11-13H2,1-7H3,(H,27,32)(H,26,29,30). The van der Waals surface area contributed by atoms with Crippen LogP contribution >= 0.6 is 0 Å². The van der Waals surface area contributed by atoms with E-state index in [0.717, 1.165) is 18.3 Å². The minimum atomic E-state index is -1.64. The molecule has 0 spiro atoms. The molecule has 0 bridgehead atoms. The molecule has 0 unspecified atom stereocenters. The van der Waals surface area contributed by atoms with Crippen molar-refractivity contribution in [2.75, 3.05) is 52.0 Å². The largest absolute Gasteiger partial charge is 0.479 e. The van der Waals surface area contributed by atoms with E-state index in [1.807, 2.05) is 14.1 Å². The van der Waals surface area contributed by atoms with E-state index in [-0.39, 0.29) is 35.7 Å². The molecule has 200 valence electrons. The molecule has 0 aliphatic carbocycles. The molecule has 0 saturated heterocycles. The lowest BCUT2D eigenvalue weighted by molar-refractivity contribution is -0.115. The van der Waals surface area contributed by atoms with E-state index in [1.54, 1.807) is 18.3 Å². The van der Waals surface area contributed by atoms with Crippen molar-refractivity contribution in [1.29, 1.82) is 0 Å². The SMILES string of the molecule is COc1nc(NCCCN(C)C)nc(OC)c1NC(=O)Cc1ccc(Oc2cncc([Si](C)(C)C)n2)o1. The molecule has 37 heavy (non-hydrogen) atoms. The van der Waals surface area contributed by atoms with E-state index in [2.05, 4.69) is 55.1 Å². The molecule has 0 atom stereocenters. The summed E-state index contributed by atoms with van der Waals surface area (Å²) in [4.78, 5) is 32.3. The molecule has 0 aliphatic rings. The van der Waals surface area contributed by atoms with E-state index in [0.29, 0.717) is 24.1 Å². The van der Waals surface area contributed by atoms with Gasteiger partial charge >= 0.3 is 0 Å². The van der Waals surface area contributed by atoms with Crippen LogP contribution in [0.15, 0.2) is 28.9 Å². The van der Waals surface area contributed by atoms with Gasteiger partial charge in [-0.3, -0.25) is 9.78 Å². The van der Waals surface area contributed by atoms with Gasteiger partial charge in [-0.15, -0.1) is 0 Å². The van der Waals surface area contributed by atoms with Crippen molar-refractivity contribution in [1.82, 2.24) is 24.8 Å². The molecule has 1 amide bonds. The van der Waals surface area contributed by atoms with E-state index in [9.17, 15) is 4.79 Å². The normalized spacial score (nSPS) is 11.4. The fourth-order valence-corrected chi connectivity index (χ4v) is 4.12. The van der Waals surface area contributed by atoms with Crippen LogP contribution in [0.4, 0.5) is 11.6 Å². The Morgan fingerprint density at radius 3 is 2.38 bits per heavy atom. The summed E-state index contributed by atoms with van der Waals surface area (Å²) in [6.45, 7) is 8.13. The number of carbonyl (C=O) groups is 1. The maximum atomic E-state index is 12.8. The summed E-state index contributed by atoms with van der Waals surface area (Å²) in [6, 6.07) is 3.29. The quantitative estimate of drug-likeness (QED) is 0.250. The number of rotatable bonds is 13. The number of carbonyl (C=O) groups excluding carboxylic acids is 1. The first-order valence-corrected chi connectivity index (χ1v) is 15.4. The Balaban J connectivity index is 1.64. The smallest absolute Gasteiger partial charge is 0.291 e. The number of furan rings is 1. The van der Waals surface area contributed by atoms with Crippen LogP contribution in [0.25, 0.3) is 0 Å². The highest BCUT2D eigenvalue weighted by molar-refractivity contribution is 6.88. The second kappa shape index (κ2) is 12.5. The second-order valence-corrected chi connectivity index (χ2v) is 14.6. The van der Waals surface area contributed by atoms with Crippen LogP contribution in [0.3, 0.4) is 0 Å². The van der Waals surface area contributed by atoms with Gasteiger partial charge in [0.15, 0.2) is 5.69 Å². The lowest BCUT2D eigenvalue weighted by atomic mass is 10.3. The third kappa shape index (κ3) is 8.15. The monoisotopic (exact) mass is 529 g/mol. The molecule has 12 nitrogen and oxygen atoms in total. The minimum Gasteiger partial charge on any atom is -0.479 e. The van der Waals surface area contributed by atoms with Gasteiger partial charge < -0.3 is 34.2 Å². The number of methoxy groups -OCH3 is 2.